The maximum atomic E-state index is 12.3. The highest BCUT2D eigenvalue weighted by molar-refractivity contribution is 6.30. The second kappa shape index (κ2) is 8.25. The summed E-state index contributed by atoms with van der Waals surface area (Å²) in [5, 5.41) is 3.96. The van der Waals surface area contributed by atoms with Crippen molar-refractivity contribution < 1.29 is 9.53 Å². The summed E-state index contributed by atoms with van der Waals surface area (Å²) in [7, 11) is 0. The van der Waals surface area contributed by atoms with Crippen LogP contribution in [0.1, 0.15) is 19.8 Å². The zero-order valence-electron chi connectivity index (χ0n) is 12.5. The number of amides is 1. The molecule has 0 radical (unpaired) electrons. The number of halogens is 1. The smallest absolute Gasteiger partial charge is 0.260 e. The van der Waals surface area contributed by atoms with Crippen LogP contribution in [0.15, 0.2) is 24.3 Å². The van der Waals surface area contributed by atoms with Gasteiger partial charge in [-0.2, -0.15) is 0 Å². The molecule has 21 heavy (non-hydrogen) atoms. The zero-order valence-corrected chi connectivity index (χ0v) is 13.2. The van der Waals surface area contributed by atoms with Crippen molar-refractivity contribution in [2.24, 2.45) is 5.92 Å². The average Bonchev–Trinajstić information content (AvgIpc) is 2.51. The van der Waals surface area contributed by atoms with E-state index in [1.165, 1.54) is 0 Å². The maximum absolute atomic E-state index is 12.3. The summed E-state index contributed by atoms with van der Waals surface area (Å²) >= 11 is 5.90. The Morgan fingerprint density at radius 1 is 1.43 bits per heavy atom. The molecular weight excluding hydrogens is 288 g/mol. The van der Waals surface area contributed by atoms with E-state index in [2.05, 4.69) is 5.32 Å². The number of ether oxygens (including phenoxy) is 1. The van der Waals surface area contributed by atoms with Gasteiger partial charge in [-0.1, -0.05) is 17.7 Å². The lowest BCUT2D eigenvalue weighted by atomic mass is 9.97. The molecule has 1 aliphatic rings. The first-order valence-electron chi connectivity index (χ1n) is 7.56. The predicted molar refractivity (Wildman–Crippen MR) is 84.8 cm³/mol. The van der Waals surface area contributed by atoms with Gasteiger partial charge in [-0.15, -0.1) is 0 Å². The second-order valence-electron chi connectivity index (χ2n) is 5.37. The average molecular weight is 311 g/mol. The Balaban J connectivity index is 1.82. The third-order valence-electron chi connectivity index (χ3n) is 3.83. The Labute approximate surface area is 131 Å². The molecule has 0 spiro atoms. The number of carbonyl (C=O) groups excluding carboxylic acids is 1. The number of piperidine rings is 1. The predicted octanol–water partition coefficient (Wildman–Crippen LogP) is 2.57. The molecule has 1 aliphatic heterocycles. The van der Waals surface area contributed by atoms with Gasteiger partial charge in [-0.3, -0.25) is 4.79 Å². The molecule has 2 rings (SSSR count). The van der Waals surface area contributed by atoms with Crippen LogP contribution < -0.4 is 10.1 Å². The number of rotatable bonds is 6. The van der Waals surface area contributed by atoms with Gasteiger partial charge in [0.1, 0.15) is 5.75 Å². The van der Waals surface area contributed by atoms with E-state index in [4.69, 9.17) is 16.3 Å². The maximum Gasteiger partial charge on any atom is 0.260 e. The number of hydrogen-bond donors (Lipinski definition) is 1. The first kappa shape index (κ1) is 16.1. The highest BCUT2D eigenvalue weighted by Crippen LogP contribution is 2.17. The lowest BCUT2D eigenvalue weighted by molar-refractivity contribution is -0.133. The van der Waals surface area contributed by atoms with Gasteiger partial charge in [-0.05, 0) is 57.0 Å². The molecule has 0 saturated carbocycles. The minimum atomic E-state index is 0.0380. The molecule has 1 amide bonds. The lowest BCUT2D eigenvalue weighted by Crippen LogP contribution is -2.41. The molecule has 0 aromatic heterocycles. The molecule has 0 bridgehead atoms. The van der Waals surface area contributed by atoms with Crippen LogP contribution >= 0.6 is 11.6 Å². The van der Waals surface area contributed by atoms with Crippen LogP contribution in [0.2, 0.25) is 5.02 Å². The summed E-state index contributed by atoms with van der Waals surface area (Å²) in [4.78, 5) is 14.1. The third kappa shape index (κ3) is 5.21. The van der Waals surface area contributed by atoms with E-state index in [1.54, 1.807) is 12.1 Å². The number of carbonyl (C=O) groups is 1. The lowest BCUT2D eigenvalue weighted by Gasteiger charge is -2.29. The van der Waals surface area contributed by atoms with E-state index in [9.17, 15) is 4.79 Å². The summed E-state index contributed by atoms with van der Waals surface area (Å²) in [5.41, 5.74) is 0. The number of benzene rings is 1. The molecule has 1 N–H and O–H groups in total. The molecule has 1 saturated heterocycles. The Kier molecular flexibility index (Phi) is 6.33. The van der Waals surface area contributed by atoms with Crippen LogP contribution in [-0.4, -0.2) is 43.6 Å². The van der Waals surface area contributed by atoms with E-state index in [-0.39, 0.29) is 12.5 Å². The molecule has 4 nitrogen and oxygen atoms in total. The van der Waals surface area contributed by atoms with Crippen molar-refractivity contribution >= 4 is 17.5 Å². The Morgan fingerprint density at radius 3 is 2.86 bits per heavy atom. The van der Waals surface area contributed by atoms with Gasteiger partial charge < -0.3 is 15.0 Å². The molecule has 0 atom stereocenters. The third-order valence-corrected chi connectivity index (χ3v) is 4.07. The summed E-state index contributed by atoms with van der Waals surface area (Å²) in [5.74, 6) is 1.27. The standard InChI is InChI=1S/C16H23ClN2O2/c1-2-19(11-13-6-8-18-9-7-13)16(20)12-21-15-5-3-4-14(17)10-15/h3-5,10,13,18H,2,6-9,11-12H2,1H3. The Hall–Kier alpha value is -1.26. The Bertz CT molecular complexity index is 461. The van der Waals surface area contributed by atoms with E-state index in [1.807, 2.05) is 24.0 Å². The molecule has 1 heterocycles. The van der Waals surface area contributed by atoms with Gasteiger partial charge in [-0.25, -0.2) is 0 Å². The molecule has 1 aromatic rings. The monoisotopic (exact) mass is 310 g/mol. The molecular formula is C16H23ClN2O2. The van der Waals surface area contributed by atoms with Crippen LogP contribution in [0, 0.1) is 5.92 Å². The summed E-state index contributed by atoms with van der Waals surface area (Å²) in [6.07, 6.45) is 2.28. The van der Waals surface area contributed by atoms with Gasteiger partial charge in [0.2, 0.25) is 0 Å². The molecule has 116 valence electrons. The SMILES string of the molecule is CCN(CC1CCNCC1)C(=O)COc1cccc(Cl)c1. The van der Waals surface area contributed by atoms with Crippen LogP contribution in [0.4, 0.5) is 0 Å². The van der Waals surface area contributed by atoms with Crippen LogP contribution in [-0.2, 0) is 4.79 Å². The van der Waals surface area contributed by atoms with Crippen LogP contribution in [0.3, 0.4) is 0 Å². The first-order chi connectivity index (χ1) is 10.2. The number of nitrogens with zero attached hydrogens (tertiary/aromatic N) is 1. The normalized spacial score (nSPS) is 15.7. The van der Waals surface area contributed by atoms with Crippen molar-refractivity contribution in [2.75, 3.05) is 32.8 Å². The summed E-state index contributed by atoms with van der Waals surface area (Å²) in [6.45, 7) is 5.74. The molecule has 0 aliphatic carbocycles. The van der Waals surface area contributed by atoms with E-state index in [0.717, 1.165) is 39.0 Å². The van der Waals surface area contributed by atoms with Crippen molar-refractivity contribution in [1.29, 1.82) is 0 Å². The van der Waals surface area contributed by atoms with Crippen LogP contribution in [0.5, 0.6) is 5.75 Å². The zero-order chi connectivity index (χ0) is 15.1. The number of nitrogens with one attached hydrogen (secondary N) is 1. The van der Waals surface area contributed by atoms with E-state index < -0.39 is 0 Å². The van der Waals surface area contributed by atoms with Crippen molar-refractivity contribution in [1.82, 2.24) is 10.2 Å². The molecule has 1 aromatic carbocycles. The topological polar surface area (TPSA) is 41.6 Å². The first-order valence-corrected chi connectivity index (χ1v) is 7.93. The molecule has 5 heteroatoms. The van der Waals surface area contributed by atoms with Crippen molar-refractivity contribution in [3.63, 3.8) is 0 Å². The fourth-order valence-electron chi connectivity index (χ4n) is 2.58. The molecule has 1 fully saturated rings. The Morgan fingerprint density at radius 2 is 2.19 bits per heavy atom. The second-order valence-corrected chi connectivity index (χ2v) is 5.81. The fraction of sp³-hybridized carbons (Fsp3) is 0.562. The van der Waals surface area contributed by atoms with Crippen molar-refractivity contribution in [3.05, 3.63) is 29.3 Å². The summed E-state index contributed by atoms with van der Waals surface area (Å²) < 4.78 is 5.53. The van der Waals surface area contributed by atoms with Gasteiger partial charge in [0.15, 0.2) is 6.61 Å². The van der Waals surface area contributed by atoms with E-state index in [0.29, 0.717) is 16.7 Å². The fourth-order valence-corrected chi connectivity index (χ4v) is 2.76. The highest BCUT2D eigenvalue weighted by Gasteiger charge is 2.19. The number of likely N-dealkylation sites (N-methyl/N-ethyl adjacent to an activating group) is 1. The minimum absolute atomic E-state index is 0.0380. The van der Waals surface area contributed by atoms with Gasteiger partial charge in [0.25, 0.3) is 5.91 Å². The van der Waals surface area contributed by atoms with Crippen LogP contribution in [0.25, 0.3) is 0 Å². The van der Waals surface area contributed by atoms with E-state index >= 15 is 0 Å². The van der Waals surface area contributed by atoms with Crippen molar-refractivity contribution in [3.8, 4) is 5.75 Å². The highest BCUT2D eigenvalue weighted by atomic mass is 35.5. The largest absolute Gasteiger partial charge is 0.484 e. The quantitative estimate of drug-likeness (QED) is 0.878. The van der Waals surface area contributed by atoms with Gasteiger partial charge >= 0.3 is 0 Å². The van der Waals surface area contributed by atoms with Crippen molar-refractivity contribution in [2.45, 2.75) is 19.8 Å². The minimum Gasteiger partial charge on any atom is -0.484 e. The van der Waals surface area contributed by atoms with Gasteiger partial charge in [0, 0.05) is 18.1 Å². The molecule has 0 unspecified atom stereocenters. The number of hydrogen-bond acceptors (Lipinski definition) is 3. The van der Waals surface area contributed by atoms with Gasteiger partial charge in [0.05, 0.1) is 0 Å². The summed E-state index contributed by atoms with van der Waals surface area (Å²) in [6, 6.07) is 7.13.